The van der Waals surface area contributed by atoms with Crippen molar-refractivity contribution in [1.82, 2.24) is 0 Å². The smallest absolute Gasteiger partial charge is 0.156 e. The first kappa shape index (κ1) is 11.7. The van der Waals surface area contributed by atoms with Crippen LogP contribution >= 0.6 is 11.6 Å². The lowest BCUT2D eigenvalue weighted by atomic mass is 10.1. The summed E-state index contributed by atoms with van der Waals surface area (Å²) in [6.07, 6.45) is 0. The third-order valence-electron chi connectivity index (χ3n) is 2.42. The van der Waals surface area contributed by atoms with Crippen LogP contribution in [-0.2, 0) is 0 Å². The van der Waals surface area contributed by atoms with Gasteiger partial charge in [0.2, 0.25) is 0 Å². The van der Waals surface area contributed by atoms with E-state index in [1.54, 1.807) is 0 Å². The van der Waals surface area contributed by atoms with Crippen LogP contribution in [0.2, 0.25) is 0 Å². The second-order valence-electron chi connectivity index (χ2n) is 3.70. The normalized spacial score (nSPS) is 11.3. The van der Waals surface area contributed by atoms with Gasteiger partial charge >= 0.3 is 0 Å². The molecule has 0 saturated carbocycles. The number of nitrogens with one attached hydrogen (secondary N) is 1. The molecule has 1 N–H and O–H groups in total. The molecule has 2 nitrogen and oxygen atoms in total. The van der Waals surface area contributed by atoms with Crippen LogP contribution in [0, 0.1) is 6.92 Å². The topological polar surface area (TPSA) is 24.4 Å². The molecule has 0 spiro atoms. The lowest BCUT2D eigenvalue weighted by Crippen LogP contribution is -1.99. The Labute approximate surface area is 106 Å². The van der Waals surface area contributed by atoms with Gasteiger partial charge in [-0.3, -0.25) is 5.43 Å². The number of nitrogens with zero attached hydrogens (tertiary/aromatic N) is 1. The minimum Gasteiger partial charge on any atom is -0.277 e. The van der Waals surface area contributed by atoms with Crippen LogP contribution < -0.4 is 5.43 Å². The number of benzene rings is 2. The maximum Gasteiger partial charge on any atom is 0.156 e. The van der Waals surface area contributed by atoms with Gasteiger partial charge in [0.25, 0.3) is 0 Å². The second-order valence-corrected chi connectivity index (χ2v) is 4.05. The Balaban J connectivity index is 2.16. The summed E-state index contributed by atoms with van der Waals surface area (Å²) in [7, 11) is 0. The summed E-state index contributed by atoms with van der Waals surface area (Å²) in [4.78, 5) is 0. The van der Waals surface area contributed by atoms with Crippen molar-refractivity contribution in [3.8, 4) is 0 Å². The zero-order chi connectivity index (χ0) is 12.1. The highest BCUT2D eigenvalue weighted by molar-refractivity contribution is 6.69. The van der Waals surface area contributed by atoms with E-state index in [4.69, 9.17) is 11.6 Å². The molecule has 0 fully saturated rings. The first-order chi connectivity index (χ1) is 8.27. The number of hydrogen-bond acceptors (Lipinski definition) is 2. The van der Waals surface area contributed by atoms with E-state index < -0.39 is 0 Å². The van der Waals surface area contributed by atoms with E-state index in [1.807, 2.05) is 61.5 Å². The molecule has 0 aliphatic rings. The third kappa shape index (κ3) is 3.08. The van der Waals surface area contributed by atoms with Crippen LogP contribution in [-0.4, -0.2) is 5.17 Å². The van der Waals surface area contributed by atoms with Crippen LogP contribution in [0.3, 0.4) is 0 Å². The van der Waals surface area contributed by atoms with Gasteiger partial charge in [0.1, 0.15) is 0 Å². The minimum atomic E-state index is 0.465. The minimum absolute atomic E-state index is 0.465. The highest BCUT2D eigenvalue weighted by Gasteiger charge is 2.02. The maximum absolute atomic E-state index is 6.15. The van der Waals surface area contributed by atoms with Crippen LogP contribution in [0.25, 0.3) is 0 Å². The van der Waals surface area contributed by atoms with Crippen molar-refractivity contribution in [3.63, 3.8) is 0 Å². The molecule has 3 heteroatoms. The number of hydrazone groups is 1. The molecular formula is C14H13ClN2. The number of rotatable bonds is 3. The average molecular weight is 245 g/mol. The molecular weight excluding hydrogens is 232 g/mol. The Bertz CT molecular complexity index is 521. The van der Waals surface area contributed by atoms with Crippen LogP contribution in [0.15, 0.2) is 59.7 Å². The van der Waals surface area contributed by atoms with Crippen molar-refractivity contribution in [2.45, 2.75) is 6.92 Å². The molecule has 17 heavy (non-hydrogen) atoms. The van der Waals surface area contributed by atoms with Crippen LogP contribution in [0.5, 0.6) is 0 Å². The average Bonchev–Trinajstić information content (AvgIpc) is 2.38. The summed E-state index contributed by atoms with van der Waals surface area (Å²) in [5.41, 5.74) is 5.89. The Morgan fingerprint density at radius 1 is 1.00 bits per heavy atom. The predicted octanol–water partition coefficient (Wildman–Crippen LogP) is 4.01. The summed E-state index contributed by atoms with van der Waals surface area (Å²) >= 11 is 6.15. The van der Waals surface area contributed by atoms with Gasteiger partial charge in [-0.25, -0.2) is 0 Å². The summed E-state index contributed by atoms with van der Waals surface area (Å²) in [5, 5.41) is 4.62. The number of anilines is 1. The van der Waals surface area contributed by atoms with Gasteiger partial charge < -0.3 is 0 Å². The quantitative estimate of drug-likeness (QED) is 0.640. The fourth-order valence-electron chi connectivity index (χ4n) is 1.49. The fraction of sp³-hybridized carbons (Fsp3) is 0.0714. The van der Waals surface area contributed by atoms with Gasteiger partial charge in [-0.05, 0) is 24.6 Å². The van der Waals surface area contributed by atoms with Gasteiger partial charge in [-0.15, -0.1) is 0 Å². The lowest BCUT2D eigenvalue weighted by Gasteiger charge is -2.04. The largest absolute Gasteiger partial charge is 0.277 e. The molecule has 86 valence electrons. The first-order valence-electron chi connectivity index (χ1n) is 5.37. The number of para-hydroxylation sites is 1. The van der Waals surface area contributed by atoms with E-state index in [-0.39, 0.29) is 0 Å². The van der Waals surface area contributed by atoms with E-state index in [0.29, 0.717) is 5.17 Å². The number of halogens is 1. The van der Waals surface area contributed by atoms with E-state index in [9.17, 15) is 0 Å². The highest BCUT2D eigenvalue weighted by atomic mass is 35.5. The van der Waals surface area contributed by atoms with Crippen molar-refractivity contribution < 1.29 is 0 Å². The Morgan fingerprint density at radius 2 is 1.65 bits per heavy atom. The molecule has 2 aromatic carbocycles. The van der Waals surface area contributed by atoms with Crippen LogP contribution in [0.1, 0.15) is 11.1 Å². The Kier molecular flexibility index (Phi) is 3.78. The molecule has 0 atom stereocenters. The molecule has 0 aliphatic carbocycles. The molecule has 0 unspecified atom stereocenters. The van der Waals surface area contributed by atoms with Crippen LogP contribution in [0.4, 0.5) is 5.69 Å². The SMILES string of the molecule is Cc1ccccc1/C(Cl)=N/Nc1ccccc1. The molecule has 0 radical (unpaired) electrons. The van der Waals surface area contributed by atoms with Gasteiger partial charge in [0.15, 0.2) is 5.17 Å². The molecule has 0 aromatic heterocycles. The Morgan fingerprint density at radius 3 is 2.35 bits per heavy atom. The second kappa shape index (κ2) is 5.51. The van der Waals surface area contributed by atoms with Crippen molar-refractivity contribution in [2.75, 3.05) is 5.43 Å². The summed E-state index contributed by atoms with van der Waals surface area (Å²) in [6.45, 7) is 2.01. The zero-order valence-corrected chi connectivity index (χ0v) is 10.3. The van der Waals surface area contributed by atoms with Gasteiger partial charge in [0, 0.05) is 5.56 Å². The highest BCUT2D eigenvalue weighted by Crippen LogP contribution is 2.12. The summed E-state index contributed by atoms with van der Waals surface area (Å²) in [6, 6.07) is 17.6. The standard InChI is InChI=1S/C14H13ClN2/c1-11-7-5-6-10-13(11)14(15)17-16-12-8-3-2-4-9-12/h2-10,16H,1H3/b17-14-. The fourth-order valence-corrected chi connectivity index (χ4v) is 1.75. The number of aryl methyl sites for hydroxylation is 1. The van der Waals surface area contributed by atoms with Crippen molar-refractivity contribution in [1.29, 1.82) is 0 Å². The number of hydrogen-bond donors (Lipinski definition) is 1. The van der Waals surface area contributed by atoms with Gasteiger partial charge in [-0.1, -0.05) is 54.1 Å². The van der Waals surface area contributed by atoms with Gasteiger partial charge in [0.05, 0.1) is 5.69 Å². The molecule has 2 aromatic rings. The molecule has 2 rings (SSSR count). The molecule has 0 bridgehead atoms. The van der Waals surface area contributed by atoms with E-state index >= 15 is 0 Å². The molecule has 0 amide bonds. The monoisotopic (exact) mass is 244 g/mol. The molecule has 0 aliphatic heterocycles. The van der Waals surface area contributed by atoms with Crippen molar-refractivity contribution >= 4 is 22.5 Å². The van der Waals surface area contributed by atoms with Crippen molar-refractivity contribution in [2.24, 2.45) is 5.10 Å². The van der Waals surface area contributed by atoms with Gasteiger partial charge in [-0.2, -0.15) is 5.10 Å². The summed E-state index contributed by atoms with van der Waals surface area (Å²) in [5.74, 6) is 0. The summed E-state index contributed by atoms with van der Waals surface area (Å²) < 4.78 is 0. The zero-order valence-electron chi connectivity index (χ0n) is 9.52. The lowest BCUT2D eigenvalue weighted by molar-refractivity contribution is 1.33. The van der Waals surface area contributed by atoms with E-state index in [2.05, 4.69) is 10.5 Å². The van der Waals surface area contributed by atoms with Crippen molar-refractivity contribution in [3.05, 3.63) is 65.7 Å². The first-order valence-corrected chi connectivity index (χ1v) is 5.75. The third-order valence-corrected chi connectivity index (χ3v) is 2.71. The predicted molar refractivity (Wildman–Crippen MR) is 73.6 cm³/mol. The van der Waals surface area contributed by atoms with E-state index in [1.165, 1.54) is 0 Å². The Hall–Kier alpha value is -1.80. The van der Waals surface area contributed by atoms with E-state index in [0.717, 1.165) is 16.8 Å². The molecule has 0 heterocycles. The maximum atomic E-state index is 6.15. The molecule has 0 saturated heterocycles.